The van der Waals surface area contributed by atoms with E-state index in [4.69, 9.17) is 15.0 Å². The molecule has 0 saturated carbocycles. The van der Waals surface area contributed by atoms with Gasteiger partial charge in [0.15, 0.2) is 0 Å². The topological polar surface area (TPSA) is 43.6 Å². The molecule has 11 aromatic rings. The van der Waals surface area contributed by atoms with E-state index in [1.54, 1.807) is 0 Å². The molecule has 4 nitrogen and oxygen atoms in total. The quantitative estimate of drug-likeness (QED) is 0.186. The molecule has 0 saturated heterocycles. The van der Waals surface area contributed by atoms with Crippen LogP contribution in [0.2, 0.25) is 0 Å². The molecule has 0 N–H and O–H groups in total. The van der Waals surface area contributed by atoms with E-state index in [1.807, 2.05) is 23.6 Å². The van der Waals surface area contributed by atoms with Crippen LogP contribution in [0.15, 0.2) is 170 Å². The van der Waals surface area contributed by atoms with Gasteiger partial charge in [0.2, 0.25) is 5.95 Å². The SMILES string of the molecule is c1ccc(-c2ccc(-c3ccc(-c4nc(-n5c6cccnc6c6c7ccccc7c7c8ccccc8sc7c65)nc5ccccc45)cc3)cc2)cc1. The Morgan fingerprint density at radius 2 is 1.02 bits per heavy atom. The van der Waals surface area contributed by atoms with Crippen molar-refractivity contribution in [3.05, 3.63) is 170 Å². The van der Waals surface area contributed by atoms with Crippen LogP contribution in [0.5, 0.6) is 0 Å². The van der Waals surface area contributed by atoms with E-state index in [0.29, 0.717) is 5.95 Å². The summed E-state index contributed by atoms with van der Waals surface area (Å²) in [5, 5.41) is 7.10. The second kappa shape index (κ2) is 11.4. The van der Waals surface area contributed by atoms with Gasteiger partial charge in [0, 0.05) is 38.0 Å². The highest BCUT2D eigenvalue weighted by Gasteiger charge is 2.24. The Balaban J connectivity index is 1.14. The summed E-state index contributed by atoms with van der Waals surface area (Å²) in [6.07, 6.45) is 1.89. The zero-order valence-electron chi connectivity index (χ0n) is 27.9. The minimum Gasteiger partial charge on any atom is -0.275 e. The van der Waals surface area contributed by atoms with E-state index in [-0.39, 0.29) is 0 Å². The summed E-state index contributed by atoms with van der Waals surface area (Å²) in [6, 6.07) is 58.0. The van der Waals surface area contributed by atoms with Crippen molar-refractivity contribution in [2.45, 2.75) is 0 Å². The average Bonchev–Trinajstić information content (AvgIpc) is 3.78. The molecule has 0 atom stereocenters. The molecular weight excluding hydrogens is 653 g/mol. The van der Waals surface area contributed by atoms with Crippen LogP contribution in [0.25, 0.3) is 103 Å². The Kier molecular flexibility index (Phi) is 6.39. The van der Waals surface area contributed by atoms with Crippen molar-refractivity contribution >= 4 is 75.1 Å². The summed E-state index contributed by atoms with van der Waals surface area (Å²) in [5.41, 5.74) is 10.6. The predicted octanol–water partition coefficient (Wildman–Crippen LogP) is 12.6. The Bertz CT molecular complexity index is 3160. The number of rotatable bonds is 4. The van der Waals surface area contributed by atoms with E-state index in [1.165, 1.54) is 47.6 Å². The third kappa shape index (κ3) is 4.36. The van der Waals surface area contributed by atoms with Crippen LogP contribution in [0.1, 0.15) is 0 Å². The zero-order valence-corrected chi connectivity index (χ0v) is 28.7. The predicted molar refractivity (Wildman–Crippen MR) is 218 cm³/mol. The largest absolute Gasteiger partial charge is 0.275 e. The van der Waals surface area contributed by atoms with Crippen molar-refractivity contribution in [1.29, 1.82) is 0 Å². The lowest BCUT2D eigenvalue weighted by Gasteiger charge is -2.13. The summed E-state index contributed by atoms with van der Waals surface area (Å²) >= 11 is 1.83. The summed E-state index contributed by atoms with van der Waals surface area (Å²) < 4.78 is 4.73. The first-order valence-electron chi connectivity index (χ1n) is 17.4. The maximum Gasteiger partial charge on any atom is 0.235 e. The molecular formula is C47H28N4S. The maximum atomic E-state index is 5.43. The van der Waals surface area contributed by atoms with Crippen molar-refractivity contribution in [1.82, 2.24) is 19.5 Å². The molecule has 5 heteroatoms. The van der Waals surface area contributed by atoms with Gasteiger partial charge in [-0.25, -0.2) is 9.97 Å². The highest BCUT2D eigenvalue weighted by atomic mass is 32.1. The second-order valence-electron chi connectivity index (χ2n) is 13.2. The number of benzene rings is 7. The van der Waals surface area contributed by atoms with Gasteiger partial charge >= 0.3 is 0 Å². The smallest absolute Gasteiger partial charge is 0.235 e. The van der Waals surface area contributed by atoms with Crippen LogP contribution >= 0.6 is 11.3 Å². The fourth-order valence-electron chi connectivity index (χ4n) is 7.88. The minimum absolute atomic E-state index is 0.635. The zero-order chi connectivity index (χ0) is 34.2. The summed E-state index contributed by atoms with van der Waals surface area (Å²) in [5.74, 6) is 0.635. The molecule has 11 rings (SSSR count). The highest BCUT2D eigenvalue weighted by molar-refractivity contribution is 7.27. The first-order chi connectivity index (χ1) is 25.8. The third-order valence-electron chi connectivity index (χ3n) is 10.3. The normalized spacial score (nSPS) is 11.8. The van der Waals surface area contributed by atoms with Crippen LogP contribution < -0.4 is 0 Å². The van der Waals surface area contributed by atoms with Gasteiger partial charge in [0.05, 0.1) is 32.5 Å². The summed E-state index contributed by atoms with van der Waals surface area (Å²) in [7, 11) is 0. The summed E-state index contributed by atoms with van der Waals surface area (Å²) in [6.45, 7) is 0. The van der Waals surface area contributed by atoms with E-state index in [9.17, 15) is 0 Å². The van der Waals surface area contributed by atoms with Gasteiger partial charge in [-0.1, -0.05) is 140 Å². The fourth-order valence-corrected chi connectivity index (χ4v) is 9.14. The monoisotopic (exact) mass is 680 g/mol. The van der Waals surface area contributed by atoms with Crippen molar-refractivity contribution in [2.24, 2.45) is 0 Å². The molecule has 52 heavy (non-hydrogen) atoms. The Morgan fingerprint density at radius 1 is 0.442 bits per heavy atom. The number of fused-ring (bicyclic) bond motifs is 11. The van der Waals surface area contributed by atoms with Crippen LogP contribution in [0, 0.1) is 0 Å². The van der Waals surface area contributed by atoms with E-state index < -0.39 is 0 Å². The number of nitrogens with zero attached hydrogens (tertiary/aromatic N) is 4. The summed E-state index contributed by atoms with van der Waals surface area (Å²) in [4.78, 5) is 15.7. The second-order valence-corrected chi connectivity index (χ2v) is 14.2. The standard InChI is InChI=1S/C47H28N4S/c1-2-11-29(12-3-1)30-20-22-31(23-21-30)32-24-26-33(27-25-32)43-36-15-6-8-17-38(36)49-47(50-43)51-39-18-10-28-48-44(39)42-35-14-5-4-13-34(35)41-37-16-7-9-19-40(37)52-46(41)45(42)51/h1-28H. The minimum atomic E-state index is 0.635. The third-order valence-corrected chi connectivity index (χ3v) is 11.5. The molecule has 0 aliphatic carbocycles. The molecule has 242 valence electrons. The number of hydrogen-bond donors (Lipinski definition) is 0. The highest BCUT2D eigenvalue weighted by Crippen LogP contribution is 2.47. The number of pyridine rings is 1. The van der Waals surface area contributed by atoms with Gasteiger partial charge in [-0.2, -0.15) is 0 Å². The van der Waals surface area contributed by atoms with Crippen LogP contribution in [0.3, 0.4) is 0 Å². The van der Waals surface area contributed by atoms with Crippen molar-refractivity contribution in [2.75, 3.05) is 0 Å². The van der Waals surface area contributed by atoms with Crippen molar-refractivity contribution < 1.29 is 0 Å². The number of hydrogen-bond acceptors (Lipinski definition) is 4. The van der Waals surface area contributed by atoms with Crippen LogP contribution in [-0.4, -0.2) is 19.5 Å². The van der Waals surface area contributed by atoms with Crippen LogP contribution in [0.4, 0.5) is 0 Å². The lowest BCUT2D eigenvalue weighted by molar-refractivity contribution is 1.02. The number of aromatic nitrogens is 4. The molecule has 0 radical (unpaired) electrons. The first kappa shape index (κ1) is 29.1. The lowest BCUT2D eigenvalue weighted by Crippen LogP contribution is -2.03. The molecule has 0 bridgehead atoms. The molecule has 0 aliphatic rings. The number of para-hydroxylation sites is 1. The molecule has 0 amide bonds. The van der Waals surface area contributed by atoms with Crippen molar-refractivity contribution in [3.8, 4) is 39.5 Å². The van der Waals surface area contributed by atoms with Crippen molar-refractivity contribution in [3.63, 3.8) is 0 Å². The van der Waals surface area contributed by atoms with E-state index in [0.717, 1.165) is 49.7 Å². The van der Waals surface area contributed by atoms with Gasteiger partial charge in [-0.15, -0.1) is 11.3 Å². The Hall–Kier alpha value is -6.69. The lowest BCUT2D eigenvalue weighted by atomic mass is 9.98. The Morgan fingerprint density at radius 3 is 1.75 bits per heavy atom. The molecule has 4 heterocycles. The maximum absolute atomic E-state index is 5.43. The van der Waals surface area contributed by atoms with E-state index >= 15 is 0 Å². The average molecular weight is 681 g/mol. The number of thiophene rings is 1. The van der Waals surface area contributed by atoms with Gasteiger partial charge in [0.25, 0.3) is 0 Å². The molecule has 0 spiro atoms. The molecule has 4 aromatic heterocycles. The molecule has 0 unspecified atom stereocenters. The van der Waals surface area contributed by atoms with Gasteiger partial charge in [0.1, 0.15) is 0 Å². The van der Waals surface area contributed by atoms with Gasteiger partial charge < -0.3 is 0 Å². The molecule has 0 fully saturated rings. The van der Waals surface area contributed by atoms with Crippen LogP contribution in [-0.2, 0) is 0 Å². The van der Waals surface area contributed by atoms with Gasteiger partial charge in [-0.3, -0.25) is 9.55 Å². The van der Waals surface area contributed by atoms with E-state index in [2.05, 4.69) is 162 Å². The first-order valence-corrected chi connectivity index (χ1v) is 18.3. The molecule has 7 aromatic carbocycles. The molecule has 0 aliphatic heterocycles. The Labute approximate surface area is 302 Å². The van der Waals surface area contributed by atoms with Gasteiger partial charge in [-0.05, 0) is 57.3 Å². The fraction of sp³-hybridized carbons (Fsp3) is 0.